The van der Waals surface area contributed by atoms with E-state index in [1.165, 1.54) is 45.1 Å². The van der Waals surface area contributed by atoms with Crippen LogP contribution in [0.15, 0.2) is 0 Å². The van der Waals surface area contributed by atoms with Crippen LogP contribution in [-0.2, 0) is 4.79 Å². The van der Waals surface area contributed by atoms with Gasteiger partial charge in [0.15, 0.2) is 0 Å². The highest BCUT2D eigenvalue weighted by molar-refractivity contribution is 5.76. The fourth-order valence-electron chi connectivity index (χ4n) is 4.71. The van der Waals surface area contributed by atoms with E-state index in [-0.39, 0.29) is 0 Å². The van der Waals surface area contributed by atoms with Gasteiger partial charge in [-0.05, 0) is 62.9 Å². The molecule has 0 aromatic heterocycles. The summed E-state index contributed by atoms with van der Waals surface area (Å²) in [5.41, 5.74) is 0. The molecule has 2 saturated carbocycles. The number of fused-ring (bicyclic) bond motifs is 2. The van der Waals surface area contributed by atoms with E-state index in [2.05, 4.69) is 17.1 Å². The number of amides is 1. The molecule has 0 aromatic rings. The summed E-state index contributed by atoms with van der Waals surface area (Å²) < 4.78 is 0. The molecule has 1 saturated heterocycles. The van der Waals surface area contributed by atoms with Gasteiger partial charge in [-0.1, -0.05) is 13.3 Å². The molecule has 3 nitrogen and oxygen atoms in total. The largest absolute Gasteiger partial charge is 0.355 e. The third kappa shape index (κ3) is 2.96. The first-order valence-electron chi connectivity index (χ1n) is 8.27. The van der Waals surface area contributed by atoms with E-state index < -0.39 is 0 Å². The molecule has 1 N–H and O–H groups in total. The van der Waals surface area contributed by atoms with Crippen molar-refractivity contribution in [3.63, 3.8) is 0 Å². The average Bonchev–Trinajstić information content (AvgIpc) is 3.11. The van der Waals surface area contributed by atoms with E-state index in [1.807, 2.05) is 0 Å². The summed E-state index contributed by atoms with van der Waals surface area (Å²) in [5.74, 6) is 2.83. The molecule has 19 heavy (non-hydrogen) atoms. The van der Waals surface area contributed by atoms with Gasteiger partial charge in [-0.25, -0.2) is 0 Å². The molecule has 3 heteroatoms. The van der Waals surface area contributed by atoms with E-state index in [0.717, 1.165) is 31.3 Å². The molecule has 0 aromatic carbocycles. The molecule has 3 rings (SSSR count). The lowest BCUT2D eigenvalue weighted by atomic mass is 9.86. The molecule has 3 aliphatic rings. The van der Waals surface area contributed by atoms with Crippen molar-refractivity contribution in [2.45, 2.75) is 57.9 Å². The fraction of sp³-hybridized carbons (Fsp3) is 0.938. The topological polar surface area (TPSA) is 32.3 Å². The Morgan fingerprint density at radius 2 is 2.16 bits per heavy atom. The quantitative estimate of drug-likeness (QED) is 0.827. The normalized spacial score (nSPS) is 37.9. The number of nitrogens with zero attached hydrogens (tertiary/aromatic N) is 1. The van der Waals surface area contributed by atoms with E-state index in [9.17, 15) is 4.79 Å². The highest BCUT2D eigenvalue weighted by Crippen LogP contribution is 2.49. The van der Waals surface area contributed by atoms with Gasteiger partial charge in [-0.15, -0.1) is 0 Å². The number of likely N-dealkylation sites (N-methyl/N-ethyl adjacent to an activating group) is 1. The number of nitrogens with one attached hydrogen (secondary N) is 1. The van der Waals surface area contributed by atoms with Crippen LogP contribution in [0, 0.1) is 17.8 Å². The predicted molar refractivity (Wildman–Crippen MR) is 76.8 cm³/mol. The number of rotatable bonds is 5. The molecule has 4 unspecified atom stereocenters. The summed E-state index contributed by atoms with van der Waals surface area (Å²) in [4.78, 5) is 14.6. The van der Waals surface area contributed by atoms with Gasteiger partial charge in [0.1, 0.15) is 0 Å². The van der Waals surface area contributed by atoms with Crippen molar-refractivity contribution < 1.29 is 4.79 Å². The molecular formula is C16H28N2O. The maximum absolute atomic E-state index is 12.1. The molecule has 1 amide bonds. The van der Waals surface area contributed by atoms with E-state index in [4.69, 9.17) is 0 Å². The third-order valence-corrected chi connectivity index (χ3v) is 5.77. The lowest BCUT2D eigenvalue weighted by molar-refractivity contribution is -0.122. The molecule has 4 atom stereocenters. The van der Waals surface area contributed by atoms with Gasteiger partial charge in [0.05, 0.1) is 0 Å². The van der Waals surface area contributed by atoms with Crippen LogP contribution < -0.4 is 5.32 Å². The first-order chi connectivity index (χ1) is 9.26. The van der Waals surface area contributed by atoms with Crippen molar-refractivity contribution in [1.29, 1.82) is 0 Å². The number of hydrogen-bond donors (Lipinski definition) is 1. The Hall–Kier alpha value is -0.570. The van der Waals surface area contributed by atoms with Crippen molar-refractivity contribution in [3.05, 3.63) is 0 Å². The second-order valence-corrected chi connectivity index (χ2v) is 6.87. The Morgan fingerprint density at radius 3 is 2.84 bits per heavy atom. The van der Waals surface area contributed by atoms with Crippen molar-refractivity contribution in [2.75, 3.05) is 19.6 Å². The molecule has 2 aliphatic carbocycles. The summed E-state index contributed by atoms with van der Waals surface area (Å²) in [6.45, 7) is 5.42. The van der Waals surface area contributed by atoms with Gasteiger partial charge in [0.25, 0.3) is 0 Å². The Morgan fingerprint density at radius 1 is 1.26 bits per heavy atom. The number of carbonyl (C=O) groups is 1. The summed E-state index contributed by atoms with van der Waals surface area (Å²) in [5, 5.41) is 3.19. The van der Waals surface area contributed by atoms with Crippen LogP contribution in [0.25, 0.3) is 0 Å². The monoisotopic (exact) mass is 264 g/mol. The van der Waals surface area contributed by atoms with Crippen molar-refractivity contribution in [2.24, 2.45) is 17.8 Å². The maximum Gasteiger partial charge on any atom is 0.220 e. The van der Waals surface area contributed by atoms with Crippen molar-refractivity contribution in [3.8, 4) is 0 Å². The van der Waals surface area contributed by atoms with E-state index in [0.29, 0.717) is 17.9 Å². The van der Waals surface area contributed by atoms with E-state index >= 15 is 0 Å². The summed E-state index contributed by atoms with van der Waals surface area (Å²) in [6, 6.07) is 0.592. The second kappa shape index (κ2) is 5.82. The minimum absolute atomic E-state index is 0.306. The number of likely N-dealkylation sites (tertiary alicyclic amines) is 1. The van der Waals surface area contributed by atoms with Crippen LogP contribution >= 0.6 is 0 Å². The van der Waals surface area contributed by atoms with Gasteiger partial charge >= 0.3 is 0 Å². The summed E-state index contributed by atoms with van der Waals surface area (Å²) >= 11 is 0. The fourth-order valence-corrected chi connectivity index (χ4v) is 4.71. The SMILES string of the molecule is CCN1CCCC1CNC(=O)CC1CC2CCC1C2. The smallest absolute Gasteiger partial charge is 0.220 e. The number of carbonyl (C=O) groups excluding carboxylic acids is 1. The molecule has 108 valence electrons. The molecule has 3 fully saturated rings. The van der Waals surface area contributed by atoms with Gasteiger partial charge in [-0.2, -0.15) is 0 Å². The van der Waals surface area contributed by atoms with Crippen LogP contribution in [-0.4, -0.2) is 36.5 Å². The number of hydrogen-bond acceptors (Lipinski definition) is 2. The van der Waals surface area contributed by atoms with Crippen molar-refractivity contribution >= 4 is 5.91 Å². The first-order valence-corrected chi connectivity index (χ1v) is 8.27. The maximum atomic E-state index is 12.1. The molecule has 0 spiro atoms. The molecule has 1 aliphatic heterocycles. The van der Waals surface area contributed by atoms with Gasteiger partial charge in [-0.3, -0.25) is 9.69 Å². The Kier molecular flexibility index (Phi) is 4.11. The molecular weight excluding hydrogens is 236 g/mol. The highest BCUT2D eigenvalue weighted by atomic mass is 16.1. The zero-order chi connectivity index (χ0) is 13.2. The van der Waals surface area contributed by atoms with Crippen molar-refractivity contribution in [1.82, 2.24) is 10.2 Å². The van der Waals surface area contributed by atoms with Gasteiger partial charge in [0, 0.05) is 19.0 Å². The van der Waals surface area contributed by atoms with Gasteiger partial charge in [0.2, 0.25) is 5.91 Å². The lowest BCUT2D eigenvalue weighted by Crippen LogP contribution is -2.40. The van der Waals surface area contributed by atoms with Crippen LogP contribution in [0.5, 0.6) is 0 Å². The van der Waals surface area contributed by atoms with E-state index in [1.54, 1.807) is 0 Å². The highest BCUT2D eigenvalue weighted by Gasteiger charge is 2.40. The standard InChI is InChI=1S/C16H28N2O/c1-2-18-7-3-4-15(18)11-17-16(19)10-14-9-12-5-6-13(14)8-12/h12-15H,2-11H2,1H3,(H,17,19). The zero-order valence-corrected chi connectivity index (χ0v) is 12.2. The summed E-state index contributed by atoms with van der Waals surface area (Å²) in [7, 11) is 0. The predicted octanol–water partition coefficient (Wildman–Crippen LogP) is 2.41. The first kappa shape index (κ1) is 13.4. The molecule has 2 bridgehead atoms. The van der Waals surface area contributed by atoms with Crippen LogP contribution in [0.3, 0.4) is 0 Å². The van der Waals surface area contributed by atoms with Gasteiger partial charge < -0.3 is 5.32 Å². The van der Waals surface area contributed by atoms with Crippen LogP contribution in [0.1, 0.15) is 51.9 Å². The average molecular weight is 264 g/mol. The molecule has 0 radical (unpaired) electrons. The third-order valence-electron chi connectivity index (χ3n) is 5.77. The lowest BCUT2D eigenvalue weighted by Gasteiger charge is -2.24. The molecule has 1 heterocycles. The van der Waals surface area contributed by atoms with Crippen LogP contribution in [0.4, 0.5) is 0 Å². The minimum Gasteiger partial charge on any atom is -0.355 e. The minimum atomic E-state index is 0.306. The van der Waals surface area contributed by atoms with Crippen LogP contribution in [0.2, 0.25) is 0 Å². The summed E-state index contributed by atoms with van der Waals surface area (Å²) in [6.07, 6.45) is 8.88. The Balaban J connectivity index is 1.39. The Labute approximate surface area is 117 Å². The zero-order valence-electron chi connectivity index (χ0n) is 12.2. The second-order valence-electron chi connectivity index (χ2n) is 6.87. The Bertz CT molecular complexity index is 331.